The Morgan fingerprint density at radius 1 is 1.05 bits per heavy atom. The molecule has 1 spiro atoms. The van der Waals surface area contributed by atoms with E-state index in [1.807, 2.05) is 48.2 Å². The van der Waals surface area contributed by atoms with Crippen molar-refractivity contribution in [3.05, 3.63) is 53.6 Å². The van der Waals surface area contributed by atoms with Gasteiger partial charge in [0.1, 0.15) is 5.75 Å². The molecule has 0 atom stereocenters. The number of carboxylic acid groups (broad SMARTS) is 1. The quantitative estimate of drug-likeness (QED) is 0.504. The monoisotopic (exact) mass is 515 g/mol. The van der Waals surface area contributed by atoms with Crippen molar-refractivity contribution in [1.29, 1.82) is 0 Å². The van der Waals surface area contributed by atoms with Crippen molar-refractivity contribution in [2.45, 2.75) is 51.0 Å². The number of likely N-dealkylation sites (tertiary alicyclic amines) is 1. The van der Waals surface area contributed by atoms with Gasteiger partial charge in [0.15, 0.2) is 0 Å². The third-order valence-electron chi connectivity index (χ3n) is 8.71. The lowest BCUT2D eigenvalue weighted by molar-refractivity contribution is -0.147. The number of amides is 1. The van der Waals surface area contributed by atoms with Gasteiger partial charge in [0, 0.05) is 49.1 Å². The van der Waals surface area contributed by atoms with Gasteiger partial charge in [-0.2, -0.15) is 0 Å². The topological polar surface area (TPSA) is 75.0 Å². The second-order valence-corrected chi connectivity index (χ2v) is 11.8. The van der Waals surface area contributed by atoms with Crippen molar-refractivity contribution in [3.8, 4) is 17.0 Å². The normalized spacial score (nSPS) is 18.9. The molecule has 1 saturated carbocycles. The lowest BCUT2D eigenvalue weighted by Gasteiger charge is -2.51. The van der Waals surface area contributed by atoms with Crippen LogP contribution in [0.4, 0.5) is 0 Å². The zero-order valence-corrected chi connectivity index (χ0v) is 22.4. The maximum absolute atomic E-state index is 12.9. The molecule has 3 aliphatic rings. The lowest BCUT2D eigenvalue weighted by Crippen LogP contribution is -2.63. The van der Waals surface area contributed by atoms with Crippen LogP contribution < -0.4 is 4.74 Å². The second-order valence-electron chi connectivity index (χ2n) is 11.8. The minimum atomic E-state index is -0.910. The van der Waals surface area contributed by atoms with E-state index in [-0.39, 0.29) is 11.3 Å². The van der Waals surface area contributed by atoms with Crippen LogP contribution in [0.15, 0.2) is 42.5 Å². The molecule has 6 rings (SSSR count). The first kappa shape index (κ1) is 25.0. The maximum Gasteiger partial charge on any atom is 0.335 e. The molecule has 3 aromatic rings. The molecular formula is C31H37N3O4. The van der Waals surface area contributed by atoms with Crippen LogP contribution in [0.2, 0.25) is 0 Å². The van der Waals surface area contributed by atoms with Gasteiger partial charge in [0.25, 0.3) is 0 Å². The highest BCUT2D eigenvalue weighted by atomic mass is 16.5. The predicted octanol–water partition coefficient (Wildman–Crippen LogP) is 5.23. The summed E-state index contributed by atoms with van der Waals surface area (Å²) < 4.78 is 8.89. The summed E-state index contributed by atoms with van der Waals surface area (Å²) in [6.07, 6.45) is 6.52. The largest absolute Gasteiger partial charge is 0.492 e. The second kappa shape index (κ2) is 9.77. The molecule has 7 nitrogen and oxygen atoms in total. The average molecular weight is 516 g/mol. The minimum Gasteiger partial charge on any atom is -0.492 e. The van der Waals surface area contributed by atoms with Gasteiger partial charge in [-0.25, -0.2) is 4.79 Å². The summed E-state index contributed by atoms with van der Waals surface area (Å²) in [4.78, 5) is 28.9. The van der Waals surface area contributed by atoms with E-state index in [0.717, 1.165) is 41.6 Å². The number of fused-ring (bicyclic) bond motifs is 5. The molecule has 1 N–H and O–H groups in total. The first-order chi connectivity index (χ1) is 18.3. The third-order valence-corrected chi connectivity index (χ3v) is 8.71. The van der Waals surface area contributed by atoms with Crippen molar-refractivity contribution in [1.82, 2.24) is 14.4 Å². The highest BCUT2D eigenvalue weighted by molar-refractivity contribution is 5.98. The van der Waals surface area contributed by atoms with Gasteiger partial charge in [-0.15, -0.1) is 0 Å². The van der Waals surface area contributed by atoms with Gasteiger partial charge in [-0.05, 0) is 62.7 Å². The van der Waals surface area contributed by atoms with Gasteiger partial charge in [0.05, 0.1) is 23.3 Å². The van der Waals surface area contributed by atoms with Crippen LogP contribution >= 0.6 is 0 Å². The lowest BCUT2D eigenvalue weighted by atomic mass is 9.79. The number of rotatable bonds is 5. The summed E-state index contributed by atoms with van der Waals surface area (Å²) in [6, 6.07) is 13.9. The fraction of sp³-hybridized carbons (Fsp3) is 0.484. The maximum atomic E-state index is 12.9. The van der Waals surface area contributed by atoms with Crippen LogP contribution in [-0.4, -0.2) is 71.7 Å². The summed E-state index contributed by atoms with van der Waals surface area (Å²) in [7, 11) is 3.97. The number of aromatic carboxylic acids is 1. The number of carboxylic acids is 1. The summed E-state index contributed by atoms with van der Waals surface area (Å²) in [5, 5.41) is 11.0. The number of aromatic nitrogens is 1. The molecule has 7 heteroatoms. The van der Waals surface area contributed by atoms with Crippen LogP contribution in [0.3, 0.4) is 0 Å². The fourth-order valence-electron chi connectivity index (χ4n) is 6.78. The summed E-state index contributed by atoms with van der Waals surface area (Å²) >= 11 is 0. The molecule has 200 valence electrons. The molecule has 2 aliphatic heterocycles. The number of benzene rings is 2. The van der Waals surface area contributed by atoms with Crippen molar-refractivity contribution in [3.63, 3.8) is 0 Å². The molecule has 1 aliphatic carbocycles. The van der Waals surface area contributed by atoms with E-state index in [0.29, 0.717) is 44.1 Å². The molecule has 2 aromatic carbocycles. The molecule has 1 aromatic heterocycles. The molecule has 1 amide bonds. The summed E-state index contributed by atoms with van der Waals surface area (Å²) in [5.41, 5.74) is 4.65. The van der Waals surface area contributed by atoms with Gasteiger partial charge in [-0.1, -0.05) is 37.5 Å². The van der Waals surface area contributed by atoms with Gasteiger partial charge in [-0.3, -0.25) is 4.79 Å². The molecular weight excluding hydrogens is 478 g/mol. The number of hydrogen-bond acceptors (Lipinski definition) is 4. The zero-order chi connectivity index (χ0) is 26.4. The SMILES string of the molecule is CN(C)CCC(=O)N1CC2(COc3ccccc3-c3c(C4CCCCC4)c4ccc(C(=O)O)cc4n3C2)C1. The van der Waals surface area contributed by atoms with E-state index in [2.05, 4.69) is 16.7 Å². The van der Waals surface area contributed by atoms with E-state index < -0.39 is 5.97 Å². The van der Waals surface area contributed by atoms with Gasteiger partial charge in [0.2, 0.25) is 5.91 Å². The van der Waals surface area contributed by atoms with E-state index in [1.165, 1.54) is 30.5 Å². The molecule has 38 heavy (non-hydrogen) atoms. The van der Waals surface area contributed by atoms with Crippen LogP contribution in [-0.2, 0) is 11.3 Å². The molecule has 0 bridgehead atoms. The number of carbonyl (C=O) groups is 2. The van der Waals surface area contributed by atoms with E-state index in [4.69, 9.17) is 4.74 Å². The van der Waals surface area contributed by atoms with Gasteiger partial charge >= 0.3 is 5.97 Å². The molecule has 0 radical (unpaired) electrons. The Kier molecular flexibility index (Phi) is 6.42. The number of nitrogens with zero attached hydrogens (tertiary/aromatic N) is 3. The molecule has 2 fully saturated rings. The van der Waals surface area contributed by atoms with Crippen molar-refractivity contribution >= 4 is 22.8 Å². The number of hydrogen-bond donors (Lipinski definition) is 1. The first-order valence-corrected chi connectivity index (χ1v) is 13.9. The molecule has 1 saturated heterocycles. The minimum absolute atomic E-state index is 0.181. The van der Waals surface area contributed by atoms with Crippen molar-refractivity contribution in [2.24, 2.45) is 5.41 Å². The van der Waals surface area contributed by atoms with Crippen molar-refractivity contribution < 1.29 is 19.4 Å². The third kappa shape index (κ3) is 4.37. The first-order valence-electron chi connectivity index (χ1n) is 13.9. The Morgan fingerprint density at radius 2 is 1.82 bits per heavy atom. The smallest absolute Gasteiger partial charge is 0.335 e. The van der Waals surface area contributed by atoms with Crippen LogP contribution in [0.5, 0.6) is 5.75 Å². The van der Waals surface area contributed by atoms with Gasteiger partial charge < -0.3 is 24.2 Å². The number of para-hydroxylation sites is 1. The molecule has 3 heterocycles. The van der Waals surface area contributed by atoms with E-state index in [9.17, 15) is 14.7 Å². The van der Waals surface area contributed by atoms with Crippen molar-refractivity contribution in [2.75, 3.05) is 40.3 Å². The van der Waals surface area contributed by atoms with Crippen LogP contribution in [0.25, 0.3) is 22.2 Å². The highest BCUT2D eigenvalue weighted by Gasteiger charge is 2.48. The van der Waals surface area contributed by atoms with Crippen LogP contribution in [0.1, 0.15) is 60.4 Å². The Hall–Kier alpha value is -3.32. The molecule has 0 unspecified atom stereocenters. The Balaban J connectivity index is 1.48. The predicted molar refractivity (Wildman–Crippen MR) is 148 cm³/mol. The Morgan fingerprint density at radius 3 is 2.55 bits per heavy atom. The van der Waals surface area contributed by atoms with E-state index >= 15 is 0 Å². The average Bonchev–Trinajstić information content (AvgIpc) is 3.20. The zero-order valence-electron chi connectivity index (χ0n) is 22.4. The summed E-state index contributed by atoms with van der Waals surface area (Å²) in [6.45, 7) is 3.26. The Bertz CT molecular complexity index is 1380. The number of carbonyl (C=O) groups excluding carboxylic acids is 1. The highest BCUT2D eigenvalue weighted by Crippen LogP contribution is 2.49. The summed E-state index contributed by atoms with van der Waals surface area (Å²) in [5.74, 6) is 0.573. The standard InChI is InChI=1S/C31H37N3O4/c1-32(2)15-14-27(35)33-17-31(18-33)19-34-25-16-22(30(36)37)12-13-23(25)28(21-8-4-3-5-9-21)29(34)24-10-6-7-11-26(24)38-20-31/h6-7,10-13,16,21H,3-5,8-9,14-15,17-20H2,1-2H3,(H,36,37). The fourth-order valence-corrected chi connectivity index (χ4v) is 6.78. The van der Waals surface area contributed by atoms with E-state index in [1.54, 1.807) is 6.07 Å². The Labute approximate surface area is 224 Å². The number of ether oxygens (including phenoxy) is 1. The van der Waals surface area contributed by atoms with Crippen LogP contribution in [0, 0.1) is 5.41 Å².